The van der Waals surface area contributed by atoms with Crippen LogP contribution in [0.3, 0.4) is 0 Å². The summed E-state index contributed by atoms with van der Waals surface area (Å²) in [5.41, 5.74) is -0.845. The van der Waals surface area contributed by atoms with E-state index < -0.39 is 44.1 Å². The molecule has 20 heteroatoms. The minimum atomic E-state index is -1.58. The van der Waals surface area contributed by atoms with Gasteiger partial charge in [-0.3, -0.25) is 49.2 Å². The monoisotopic (exact) mass is 1110 g/mol. The molecule has 0 bridgehead atoms. The van der Waals surface area contributed by atoms with E-state index in [1.165, 1.54) is 24.3 Å². The van der Waals surface area contributed by atoms with Crippen molar-refractivity contribution in [3.8, 4) is 0 Å². The predicted molar refractivity (Wildman–Crippen MR) is 280 cm³/mol. The molecule has 2 aliphatic heterocycles. The number of fused-ring (bicyclic) bond motifs is 2. The maximum Gasteiger partial charge on any atom is 0.306 e. The second-order valence-corrected chi connectivity index (χ2v) is 21.3. The van der Waals surface area contributed by atoms with Crippen LogP contribution in [0.1, 0.15) is 92.6 Å². The molecule has 2 heterocycles. The number of non-ortho nitro benzene ring substituents is 2. The third-order valence-electron chi connectivity index (χ3n) is 14.6. The lowest BCUT2D eigenvalue weighted by molar-refractivity contribution is -0.385. The zero-order chi connectivity index (χ0) is 53.6. The Morgan fingerprint density at radius 1 is 0.500 bits per heavy atom. The van der Waals surface area contributed by atoms with Crippen LogP contribution in [0.4, 0.5) is 11.4 Å². The predicted octanol–water partition coefficient (Wildman–Crippen LogP) is 12.0. The Labute approximate surface area is 455 Å². The second-order valence-electron chi connectivity index (χ2n) is 19.7. The highest BCUT2D eigenvalue weighted by molar-refractivity contribution is 6.33. The van der Waals surface area contributed by atoms with E-state index in [1.807, 2.05) is 0 Å². The third-order valence-corrected chi connectivity index (χ3v) is 15.7. The molecule has 4 aliphatic rings. The number of nitro groups is 2. The Kier molecular flexibility index (Phi) is 14.4. The number of benzene rings is 6. The molecular weight excluding hydrogens is 1060 g/mol. The number of carbonyl (C=O) groups excluding carboxylic acids is 4. The molecule has 0 spiro atoms. The summed E-state index contributed by atoms with van der Waals surface area (Å²) in [6.45, 7) is -0.00830. The van der Waals surface area contributed by atoms with Gasteiger partial charge in [0.05, 0.1) is 49.1 Å². The number of nitro benzene ring substituents is 2. The molecule has 0 saturated heterocycles. The van der Waals surface area contributed by atoms with Gasteiger partial charge in [0.15, 0.2) is 11.4 Å². The van der Waals surface area contributed by atoms with E-state index in [2.05, 4.69) is 0 Å². The SMILES string of the molecule is O=C(CCC(=O)OCC1(COC2(c3ccc(Cl)cc3)c3c(Cl)cccc3C(=O)N2Cc2ccc([N+](=O)[O-])cc2)CC1)OCC1(COC2(c3ccc(Cl)cc3)c3c(Cl)cccc3C(=O)N2Cc2ccc([N+](=O)[O-])cc2)CC1. The molecule has 0 N–H and O–H groups in total. The summed E-state index contributed by atoms with van der Waals surface area (Å²) in [7, 11) is 0. The zero-order valence-electron chi connectivity index (χ0n) is 40.4. The average molecular weight is 1110 g/mol. The molecule has 2 unspecified atom stereocenters. The third kappa shape index (κ3) is 10.1. The van der Waals surface area contributed by atoms with Crippen molar-refractivity contribution in [3.63, 3.8) is 0 Å². The number of amides is 2. The van der Waals surface area contributed by atoms with Gasteiger partial charge >= 0.3 is 11.9 Å². The average Bonchev–Trinajstić information content (AvgIpc) is 4.41. The number of carbonyl (C=O) groups is 4. The van der Waals surface area contributed by atoms with Crippen LogP contribution in [0.2, 0.25) is 20.1 Å². The molecule has 16 nitrogen and oxygen atoms in total. The van der Waals surface area contributed by atoms with Gasteiger partial charge in [0.2, 0.25) is 0 Å². The van der Waals surface area contributed by atoms with Gasteiger partial charge in [-0.25, -0.2) is 0 Å². The Morgan fingerprint density at radius 3 is 1.18 bits per heavy atom. The van der Waals surface area contributed by atoms with Gasteiger partial charge in [-0.15, -0.1) is 0 Å². The standard InChI is InChI=1S/C56H46Cl4N4O12/c57-39-15-11-37(12-16-39)55(49-43(3-1-5-45(49)59)51(67)61(55)29-35-7-19-41(20-8-35)63(69)70)75-33-53(25-26-53)31-73-47(65)23-24-48(66)74-32-54(27-28-54)34-76-56(38-13-17-40(58)18-14-38)50-44(4-2-6-46(50)60)52(68)62(56)30-36-9-21-42(22-10-36)64(71)72/h1-22H,23-34H2. The van der Waals surface area contributed by atoms with Gasteiger partial charge < -0.3 is 18.9 Å². The van der Waals surface area contributed by atoms with E-state index in [-0.39, 0.29) is 85.6 Å². The van der Waals surface area contributed by atoms with Crippen LogP contribution in [0.15, 0.2) is 133 Å². The van der Waals surface area contributed by atoms with Crippen LogP contribution in [-0.4, -0.2) is 69.8 Å². The molecule has 2 amide bonds. The summed E-state index contributed by atoms with van der Waals surface area (Å²) in [6.07, 6.45) is 2.01. The fraction of sp³-hybridized carbons (Fsp3) is 0.286. The van der Waals surface area contributed by atoms with Crippen molar-refractivity contribution in [2.24, 2.45) is 10.8 Å². The Hall–Kier alpha value is -6.92. The van der Waals surface area contributed by atoms with Gasteiger partial charge in [-0.1, -0.05) is 107 Å². The van der Waals surface area contributed by atoms with Gasteiger partial charge in [0.1, 0.15) is 0 Å². The van der Waals surface area contributed by atoms with Crippen LogP contribution in [-0.2, 0) is 53.1 Å². The minimum Gasteiger partial charge on any atom is -0.465 e. The number of rotatable bonds is 21. The number of halogens is 4. The van der Waals surface area contributed by atoms with Crippen LogP contribution in [0.25, 0.3) is 0 Å². The molecule has 6 aromatic carbocycles. The van der Waals surface area contributed by atoms with Crippen LogP contribution in [0, 0.1) is 31.1 Å². The van der Waals surface area contributed by atoms with Gasteiger partial charge in [0, 0.05) is 102 Å². The Bertz CT molecular complexity index is 3060. The van der Waals surface area contributed by atoms with Gasteiger partial charge in [-0.2, -0.15) is 0 Å². The molecule has 0 aromatic heterocycles. The first-order valence-corrected chi connectivity index (χ1v) is 25.8. The normalized spacial score (nSPS) is 19.5. The molecule has 6 aromatic rings. The maximum atomic E-state index is 14.4. The smallest absolute Gasteiger partial charge is 0.306 e. The highest BCUT2D eigenvalue weighted by atomic mass is 35.5. The van der Waals surface area contributed by atoms with Crippen molar-refractivity contribution in [2.75, 3.05) is 26.4 Å². The first-order chi connectivity index (χ1) is 36.5. The number of ether oxygens (including phenoxy) is 4. The van der Waals surface area contributed by atoms with E-state index in [4.69, 9.17) is 65.4 Å². The summed E-state index contributed by atoms with van der Waals surface area (Å²) < 4.78 is 25.5. The van der Waals surface area contributed by atoms with Gasteiger partial charge in [0.25, 0.3) is 23.2 Å². The van der Waals surface area contributed by atoms with Crippen molar-refractivity contribution in [3.05, 3.63) is 218 Å². The first-order valence-electron chi connectivity index (χ1n) is 24.3. The van der Waals surface area contributed by atoms with E-state index in [0.717, 1.165) is 0 Å². The number of nitrogens with zero attached hydrogens (tertiary/aromatic N) is 4. The van der Waals surface area contributed by atoms with E-state index >= 15 is 0 Å². The minimum absolute atomic E-state index is 0.00395. The Morgan fingerprint density at radius 2 is 0.855 bits per heavy atom. The Balaban J connectivity index is 0.795. The molecule has 10 rings (SSSR count). The lowest BCUT2D eigenvalue weighted by atomic mass is 9.92. The number of hydrogen-bond acceptors (Lipinski definition) is 12. The molecule has 76 heavy (non-hydrogen) atoms. The molecular formula is C56H46Cl4N4O12. The van der Waals surface area contributed by atoms with Crippen molar-refractivity contribution in [1.82, 2.24) is 9.80 Å². The fourth-order valence-electron chi connectivity index (χ4n) is 9.88. The summed E-state index contributed by atoms with van der Waals surface area (Å²) in [5.74, 6) is -1.99. The van der Waals surface area contributed by atoms with Crippen molar-refractivity contribution < 1.29 is 48.0 Å². The summed E-state index contributed by atoms with van der Waals surface area (Å²) in [4.78, 5) is 80.3. The summed E-state index contributed by atoms with van der Waals surface area (Å²) in [5, 5.41) is 24.3. The molecule has 2 atom stereocenters. The maximum absolute atomic E-state index is 14.4. The molecule has 390 valence electrons. The highest BCUT2D eigenvalue weighted by Gasteiger charge is 2.58. The highest BCUT2D eigenvalue weighted by Crippen LogP contribution is 2.55. The van der Waals surface area contributed by atoms with E-state index in [9.17, 15) is 39.4 Å². The zero-order valence-corrected chi connectivity index (χ0v) is 43.4. The quantitative estimate of drug-likeness (QED) is 0.0376. The second kappa shape index (κ2) is 20.9. The lowest BCUT2D eigenvalue weighted by Gasteiger charge is -2.41. The topological polar surface area (TPSA) is 198 Å². The van der Waals surface area contributed by atoms with Crippen molar-refractivity contribution in [1.29, 1.82) is 0 Å². The van der Waals surface area contributed by atoms with Crippen molar-refractivity contribution in [2.45, 2.75) is 63.1 Å². The van der Waals surface area contributed by atoms with Gasteiger partial charge in [-0.05, 0) is 85.3 Å². The fourth-order valence-corrected chi connectivity index (χ4v) is 10.7. The van der Waals surface area contributed by atoms with Crippen LogP contribution >= 0.6 is 46.4 Å². The number of esters is 2. The summed E-state index contributed by atoms with van der Waals surface area (Å²) >= 11 is 26.6. The lowest BCUT2D eigenvalue weighted by Crippen LogP contribution is -2.47. The molecule has 0 radical (unpaired) electrons. The molecule has 2 aliphatic carbocycles. The van der Waals surface area contributed by atoms with Crippen molar-refractivity contribution >= 4 is 81.5 Å². The van der Waals surface area contributed by atoms with Crippen LogP contribution < -0.4 is 0 Å². The largest absolute Gasteiger partial charge is 0.465 e. The first kappa shape index (κ1) is 52.5. The van der Waals surface area contributed by atoms with E-state index in [0.29, 0.717) is 80.2 Å². The van der Waals surface area contributed by atoms with Crippen LogP contribution in [0.5, 0.6) is 0 Å². The number of hydrogen-bond donors (Lipinski definition) is 0. The summed E-state index contributed by atoms with van der Waals surface area (Å²) in [6, 6.07) is 35.5. The van der Waals surface area contributed by atoms with E-state index in [1.54, 1.807) is 119 Å². The molecule has 2 saturated carbocycles. The molecule has 2 fully saturated rings.